The van der Waals surface area contributed by atoms with E-state index in [-0.39, 0.29) is 23.9 Å². The fourth-order valence-electron chi connectivity index (χ4n) is 7.63. The van der Waals surface area contributed by atoms with Crippen molar-refractivity contribution < 1.29 is 9.59 Å². The van der Waals surface area contributed by atoms with Crippen molar-refractivity contribution in [3.05, 3.63) is 12.2 Å². The number of likely N-dealkylation sites (N-methyl/N-ethyl adjacent to an activating group) is 1. The standard InChI is InChI=1S/C23H36N2O2/c1-15(2)22(27)24-14-21(26)25(3)23(18-7-5-4-6-8-18)19-10-16-9-17(12-19)13-20(23)11-16/h16-20H,1,4-14H2,2-3H3,(H,24,27). The van der Waals surface area contributed by atoms with E-state index in [0.717, 1.165) is 11.8 Å². The maximum absolute atomic E-state index is 13.2. The first-order chi connectivity index (χ1) is 12.9. The Labute approximate surface area is 164 Å². The maximum Gasteiger partial charge on any atom is 0.246 e. The molecular weight excluding hydrogens is 336 g/mol. The van der Waals surface area contributed by atoms with Gasteiger partial charge in [0.15, 0.2) is 0 Å². The summed E-state index contributed by atoms with van der Waals surface area (Å²) in [5, 5.41) is 2.78. The van der Waals surface area contributed by atoms with Crippen LogP contribution in [0.5, 0.6) is 0 Å². The molecule has 5 aliphatic carbocycles. The zero-order valence-corrected chi connectivity index (χ0v) is 17.1. The summed E-state index contributed by atoms with van der Waals surface area (Å²) < 4.78 is 0. The number of hydrogen-bond donors (Lipinski definition) is 1. The van der Waals surface area contributed by atoms with Crippen LogP contribution in [0, 0.1) is 29.6 Å². The molecular formula is C23H36N2O2. The molecule has 0 heterocycles. The molecule has 4 heteroatoms. The molecule has 0 aromatic heterocycles. The van der Waals surface area contributed by atoms with Crippen molar-refractivity contribution >= 4 is 11.8 Å². The largest absolute Gasteiger partial charge is 0.343 e. The van der Waals surface area contributed by atoms with Gasteiger partial charge >= 0.3 is 0 Å². The summed E-state index contributed by atoms with van der Waals surface area (Å²) in [6.45, 7) is 5.46. The van der Waals surface area contributed by atoms with Gasteiger partial charge in [0.05, 0.1) is 12.1 Å². The second-order valence-electron chi connectivity index (χ2n) is 9.94. The lowest BCUT2D eigenvalue weighted by Crippen LogP contribution is -2.70. The molecule has 0 spiro atoms. The van der Waals surface area contributed by atoms with E-state index in [1.165, 1.54) is 64.2 Å². The Morgan fingerprint density at radius 1 is 0.963 bits per heavy atom. The van der Waals surface area contributed by atoms with Crippen LogP contribution in [0.15, 0.2) is 12.2 Å². The topological polar surface area (TPSA) is 49.4 Å². The van der Waals surface area contributed by atoms with Gasteiger partial charge in [0.1, 0.15) is 0 Å². The average molecular weight is 373 g/mol. The van der Waals surface area contributed by atoms with E-state index < -0.39 is 0 Å². The van der Waals surface area contributed by atoms with Crippen LogP contribution in [0.3, 0.4) is 0 Å². The van der Waals surface area contributed by atoms with Gasteiger partial charge in [0.2, 0.25) is 11.8 Å². The fraction of sp³-hybridized carbons (Fsp3) is 0.826. The lowest BCUT2D eigenvalue weighted by Gasteiger charge is -2.67. The van der Waals surface area contributed by atoms with E-state index in [2.05, 4.69) is 16.8 Å². The number of amides is 2. The van der Waals surface area contributed by atoms with Crippen LogP contribution in [0.1, 0.15) is 71.1 Å². The summed E-state index contributed by atoms with van der Waals surface area (Å²) in [7, 11) is 2.05. The van der Waals surface area contributed by atoms with Crippen LogP contribution >= 0.6 is 0 Å². The molecule has 4 bridgehead atoms. The fourth-order valence-corrected chi connectivity index (χ4v) is 7.63. The molecule has 0 aliphatic heterocycles. The summed E-state index contributed by atoms with van der Waals surface area (Å²) in [5.41, 5.74) is 0.501. The van der Waals surface area contributed by atoms with Crippen molar-refractivity contribution in [2.45, 2.75) is 76.7 Å². The molecule has 4 nitrogen and oxygen atoms in total. The predicted octanol–water partition coefficient (Wildman–Crippen LogP) is 3.91. The molecule has 0 atom stereocenters. The lowest BCUT2D eigenvalue weighted by molar-refractivity contribution is -0.178. The number of hydrogen-bond acceptors (Lipinski definition) is 2. The first-order valence-electron chi connectivity index (χ1n) is 11.1. The second kappa shape index (κ2) is 7.25. The molecule has 2 amide bonds. The van der Waals surface area contributed by atoms with E-state index >= 15 is 0 Å². The highest BCUT2D eigenvalue weighted by atomic mass is 16.2. The van der Waals surface area contributed by atoms with Gasteiger partial charge in [0.25, 0.3) is 0 Å². The van der Waals surface area contributed by atoms with Crippen LogP contribution in [0.25, 0.3) is 0 Å². The highest BCUT2D eigenvalue weighted by molar-refractivity contribution is 5.94. The minimum Gasteiger partial charge on any atom is -0.343 e. The summed E-state index contributed by atoms with van der Waals surface area (Å²) >= 11 is 0. The zero-order chi connectivity index (χ0) is 19.2. The summed E-state index contributed by atoms with van der Waals surface area (Å²) in [6, 6.07) is 0. The van der Waals surface area contributed by atoms with E-state index in [9.17, 15) is 9.59 Å². The van der Waals surface area contributed by atoms with Gasteiger partial charge in [0, 0.05) is 12.6 Å². The molecule has 5 rings (SSSR count). The predicted molar refractivity (Wildman–Crippen MR) is 107 cm³/mol. The molecule has 0 aromatic carbocycles. The minimum absolute atomic E-state index is 0.0406. The molecule has 27 heavy (non-hydrogen) atoms. The van der Waals surface area contributed by atoms with Gasteiger partial charge < -0.3 is 10.2 Å². The summed E-state index contributed by atoms with van der Waals surface area (Å²) in [6.07, 6.45) is 13.2. The number of carbonyl (C=O) groups is 2. The molecule has 150 valence electrons. The van der Waals surface area contributed by atoms with E-state index in [1.54, 1.807) is 6.92 Å². The van der Waals surface area contributed by atoms with Crippen molar-refractivity contribution in [2.75, 3.05) is 13.6 Å². The quantitative estimate of drug-likeness (QED) is 0.744. The molecule has 1 N–H and O–H groups in total. The van der Waals surface area contributed by atoms with E-state index in [4.69, 9.17) is 0 Å². The highest BCUT2D eigenvalue weighted by Gasteiger charge is 2.62. The van der Waals surface area contributed by atoms with Gasteiger partial charge in [-0.2, -0.15) is 0 Å². The van der Waals surface area contributed by atoms with Crippen molar-refractivity contribution in [2.24, 2.45) is 29.6 Å². The lowest BCUT2D eigenvalue weighted by atomic mass is 9.44. The smallest absolute Gasteiger partial charge is 0.246 e. The zero-order valence-electron chi connectivity index (χ0n) is 17.1. The van der Waals surface area contributed by atoms with Crippen LogP contribution in [-0.4, -0.2) is 35.8 Å². The van der Waals surface area contributed by atoms with Gasteiger partial charge in [-0.25, -0.2) is 0 Å². The Hall–Kier alpha value is -1.32. The number of nitrogens with one attached hydrogen (secondary N) is 1. The van der Waals surface area contributed by atoms with Crippen molar-refractivity contribution in [1.82, 2.24) is 10.2 Å². The molecule has 0 saturated heterocycles. The number of rotatable bonds is 5. The van der Waals surface area contributed by atoms with Gasteiger partial charge in [-0.05, 0) is 81.5 Å². The Kier molecular flexibility index (Phi) is 5.11. The van der Waals surface area contributed by atoms with Gasteiger partial charge in [-0.1, -0.05) is 25.8 Å². The molecule has 5 aliphatic rings. The van der Waals surface area contributed by atoms with Gasteiger partial charge in [-0.15, -0.1) is 0 Å². The first kappa shape index (κ1) is 19.0. The summed E-state index contributed by atoms with van der Waals surface area (Å²) in [5.74, 6) is 3.65. The molecule has 0 unspecified atom stereocenters. The van der Waals surface area contributed by atoms with Crippen molar-refractivity contribution in [3.63, 3.8) is 0 Å². The molecule has 5 fully saturated rings. The third-order valence-corrected chi connectivity index (χ3v) is 8.45. The Balaban J connectivity index is 1.59. The minimum atomic E-state index is -0.214. The molecule has 0 aromatic rings. The van der Waals surface area contributed by atoms with Crippen LogP contribution in [-0.2, 0) is 9.59 Å². The Bertz CT molecular complexity index is 586. The third-order valence-electron chi connectivity index (χ3n) is 8.45. The van der Waals surface area contributed by atoms with Crippen LogP contribution < -0.4 is 5.32 Å². The van der Waals surface area contributed by atoms with Gasteiger partial charge in [-0.3, -0.25) is 9.59 Å². The number of nitrogens with zero attached hydrogens (tertiary/aromatic N) is 1. The summed E-state index contributed by atoms with van der Waals surface area (Å²) in [4.78, 5) is 27.2. The highest BCUT2D eigenvalue weighted by Crippen LogP contribution is 2.63. The Morgan fingerprint density at radius 3 is 2.04 bits per heavy atom. The normalized spacial score (nSPS) is 37.9. The average Bonchev–Trinajstić information content (AvgIpc) is 2.66. The SMILES string of the molecule is C=C(C)C(=O)NCC(=O)N(C)C1(C2CCCCC2)C2CC3CC(C2)CC1C3. The maximum atomic E-state index is 13.2. The van der Waals surface area contributed by atoms with Crippen LogP contribution in [0.4, 0.5) is 0 Å². The second-order valence-corrected chi connectivity index (χ2v) is 9.94. The monoisotopic (exact) mass is 372 g/mol. The van der Waals surface area contributed by atoms with E-state index in [1.807, 2.05) is 7.05 Å². The number of carbonyl (C=O) groups excluding carboxylic acids is 2. The van der Waals surface area contributed by atoms with Crippen LogP contribution in [0.2, 0.25) is 0 Å². The molecule has 5 saturated carbocycles. The molecule has 0 radical (unpaired) electrons. The van der Waals surface area contributed by atoms with E-state index in [0.29, 0.717) is 23.3 Å². The van der Waals surface area contributed by atoms with Crippen molar-refractivity contribution in [3.8, 4) is 0 Å². The van der Waals surface area contributed by atoms with Crippen molar-refractivity contribution in [1.29, 1.82) is 0 Å². The Morgan fingerprint density at radius 2 is 1.52 bits per heavy atom. The first-order valence-corrected chi connectivity index (χ1v) is 11.1. The third kappa shape index (κ3) is 3.13.